The summed E-state index contributed by atoms with van der Waals surface area (Å²) < 4.78 is 20.0. The molecule has 2 rings (SSSR count). The molecule has 0 aliphatic heterocycles. The molecule has 1 radical (unpaired) electrons. The second-order valence-corrected chi connectivity index (χ2v) is 5.18. The van der Waals surface area contributed by atoms with Crippen molar-refractivity contribution in [2.45, 2.75) is 12.2 Å². The van der Waals surface area contributed by atoms with E-state index in [1.807, 2.05) is 0 Å². The first-order valence-corrected chi connectivity index (χ1v) is 8.02. The fraction of sp³-hybridized carbons (Fsp3) is 0.222. The van der Waals surface area contributed by atoms with Gasteiger partial charge in [0, 0.05) is 0 Å². The third kappa shape index (κ3) is 6.84. The Balaban J connectivity index is 1.80. The molecule has 27 heavy (non-hydrogen) atoms. The SMILES string of the molecule is O=C(Oc1ccccc1)C(CO)O[B]OC(CO)C(=O)Oc1ccccc1. The lowest BCUT2D eigenvalue weighted by Crippen LogP contribution is -2.38. The smallest absolute Gasteiger partial charge is 0.425 e. The first-order valence-electron chi connectivity index (χ1n) is 8.02. The van der Waals surface area contributed by atoms with Crippen LogP contribution in [-0.4, -0.2) is 55.3 Å². The summed E-state index contributed by atoms with van der Waals surface area (Å²) in [5, 5.41) is 18.5. The first kappa shape index (κ1) is 20.6. The Morgan fingerprint density at radius 1 is 0.741 bits per heavy atom. The lowest BCUT2D eigenvalue weighted by Gasteiger charge is -2.17. The van der Waals surface area contributed by atoms with Crippen LogP contribution in [0, 0.1) is 0 Å². The van der Waals surface area contributed by atoms with Gasteiger partial charge in [0.2, 0.25) is 0 Å². The molecular formula is C18H18BO8. The Morgan fingerprint density at radius 3 is 1.44 bits per heavy atom. The molecule has 2 unspecified atom stereocenters. The quantitative estimate of drug-likeness (QED) is 0.352. The van der Waals surface area contributed by atoms with E-state index in [-0.39, 0.29) is 11.5 Å². The van der Waals surface area contributed by atoms with Crippen LogP contribution in [0.25, 0.3) is 0 Å². The molecule has 0 bridgehead atoms. The van der Waals surface area contributed by atoms with E-state index in [1.165, 1.54) is 0 Å². The minimum Gasteiger partial charge on any atom is -0.425 e. The van der Waals surface area contributed by atoms with Crippen molar-refractivity contribution in [3.8, 4) is 11.5 Å². The highest BCUT2D eigenvalue weighted by molar-refractivity contribution is 6.19. The Labute approximate surface area is 156 Å². The number of benzene rings is 2. The molecule has 9 heteroatoms. The lowest BCUT2D eigenvalue weighted by molar-refractivity contribution is -0.146. The largest absolute Gasteiger partial charge is 0.489 e. The van der Waals surface area contributed by atoms with Crippen LogP contribution in [0.5, 0.6) is 11.5 Å². The molecule has 2 aromatic carbocycles. The van der Waals surface area contributed by atoms with Crippen molar-refractivity contribution >= 4 is 19.6 Å². The Bertz CT molecular complexity index is 648. The van der Waals surface area contributed by atoms with Crippen LogP contribution in [0.1, 0.15) is 0 Å². The van der Waals surface area contributed by atoms with E-state index in [0.717, 1.165) is 0 Å². The Kier molecular flexibility index (Phi) is 8.46. The van der Waals surface area contributed by atoms with Gasteiger partial charge in [-0.15, -0.1) is 0 Å². The number of hydrogen-bond acceptors (Lipinski definition) is 8. The number of aliphatic hydroxyl groups is 2. The second-order valence-electron chi connectivity index (χ2n) is 5.18. The van der Waals surface area contributed by atoms with Crippen molar-refractivity contribution in [3.05, 3.63) is 60.7 Å². The van der Waals surface area contributed by atoms with E-state index in [1.54, 1.807) is 60.7 Å². The second kappa shape index (κ2) is 11.1. The fourth-order valence-corrected chi connectivity index (χ4v) is 1.85. The molecule has 0 fully saturated rings. The summed E-state index contributed by atoms with van der Waals surface area (Å²) >= 11 is 0. The summed E-state index contributed by atoms with van der Waals surface area (Å²) in [7, 11) is 0.681. The number of ether oxygens (including phenoxy) is 2. The average Bonchev–Trinajstić information content (AvgIpc) is 2.69. The summed E-state index contributed by atoms with van der Waals surface area (Å²) in [5.74, 6) is -1.14. The number of rotatable bonds is 10. The van der Waals surface area contributed by atoms with Crippen molar-refractivity contribution in [1.82, 2.24) is 0 Å². The number of para-hydroxylation sites is 2. The number of carbonyl (C=O) groups excluding carboxylic acids is 2. The Morgan fingerprint density at radius 2 is 1.11 bits per heavy atom. The standard InChI is InChI=1S/C18H18BO8/c20-11-15(17(22)24-13-7-3-1-4-8-13)26-19-27-16(12-21)18(23)25-14-9-5-2-6-10-14/h1-10,15-16,20-21H,11-12H2. The molecule has 2 atom stereocenters. The van der Waals surface area contributed by atoms with Crippen molar-refractivity contribution in [3.63, 3.8) is 0 Å². The fourth-order valence-electron chi connectivity index (χ4n) is 1.85. The van der Waals surface area contributed by atoms with Crippen molar-refractivity contribution in [1.29, 1.82) is 0 Å². The van der Waals surface area contributed by atoms with Gasteiger partial charge in [-0.25, -0.2) is 9.59 Å². The van der Waals surface area contributed by atoms with E-state index in [9.17, 15) is 19.8 Å². The van der Waals surface area contributed by atoms with Crippen LogP contribution >= 0.6 is 0 Å². The molecule has 2 aromatic rings. The molecule has 0 amide bonds. The third-order valence-corrected chi connectivity index (χ3v) is 3.22. The minimum absolute atomic E-state index is 0.283. The van der Waals surface area contributed by atoms with Crippen molar-refractivity contribution in [2.24, 2.45) is 0 Å². The maximum Gasteiger partial charge on any atom is 0.489 e. The van der Waals surface area contributed by atoms with Gasteiger partial charge in [-0.3, -0.25) is 0 Å². The minimum atomic E-state index is -1.37. The van der Waals surface area contributed by atoms with Crippen LogP contribution < -0.4 is 9.47 Å². The highest BCUT2D eigenvalue weighted by Gasteiger charge is 2.25. The zero-order chi connectivity index (χ0) is 19.5. The van der Waals surface area contributed by atoms with E-state index in [0.29, 0.717) is 7.69 Å². The Hall–Kier alpha value is -2.72. The van der Waals surface area contributed by atoms with Gasteiger partial charge in [-0.05, 0) is 24.3 Å². The van der Waals surface area contributed by atoms with Gasteiger partial charge in [0.15, 0.2) is 12.2 Å². The average molecular weight is 373 g/mol. The molecule has 0 saturated carbocycles. The molecule has 0 spiro atoms. The highest BCUT2D eigenvalue weighted by Crippen LogP contribution is 2.11. The predicted octanol–water partition coefficient (Wildman–Crippen LogP) is 0.487. The third-order valence-electron chi connectivity index (χ3n) is 3.22. The van der Waals surface area contributed by atoms with Gasteiger partial charge in [-0.2, -0.15) is 0 Å². The zero-order valence-electron chi connectivity index (χ0n) is 14.3. The van der Waals surface area contributed by atoms with Crippen LogP contribution in [0.15, 0.2) is 60.7 Å². The number of hydrogen-bond donors (Lipinski definition) is 2. The lowest BCUT2D eigenvalue weighted by atomic mass is 10.2. The molecule has 0 aliphatic carbocycles. The molecule has 0 aromatic heterocycles. The van der Waals surface area contributed by atoms with E-state index in [2.05, 4.69) is 0 Å². The summed E-state index contributed by atoms with van der Waals surface area (Å²) in [5.41, 5.74) is 0. The molecule has 0 heterocycles. The number of esters is 2. The van der Waals surface area contributed by atoms with E-state index >= 15 is 0 Å². The maximum absolute atomic E-state index is 11.9. The summed E-state index contributed by atoms with van der Waals surface area (Å²) in [6, 6.07) is 16.5. The van der Waals surface area contributed by atoms with Crippen LogP contribution in [0.4, 0.5) is 0 Å². The van der Waals surface area contributed by atoms with Crippen LogP contribution in [0.3, 0.4) is 0 Å². The van der Waals surface area contributed by atoms with Gasteiger partial charge in [0.1, 0.15) is 11.5 Å². The topological polar surface area (TPSA) is 112 Å². The number of carbonyl (C=O) groups is 2. The molecule has 0 saturated heterocycles. The summed E-state index contributed by atoms with van der Waals surface area (Å²) in [4.78, 5) is 23.9. The molecule has 2 N–H and O–H groups in total. The molecular weight excluding hydrogens is 355 g/mol. The van der Waals surface area contributed by atoms with E-state index in [4.69, 9.17) is 18.8 Å². The number of aliphatic hydroxyl groups excluding tert-OH is 2. The summed E-state index contributed by atoms with van der Waals surface area (Å²) in [6.45, 7) is -1.35. The van der Waals surface area contributed by atoms with Gasteiger partial charge >= 0.3 is 19.6 Å². The monoisotopic (exact) mass is 373 g/mol. The zero-order valence-corrected chi connectivity index (χ0v) is 14.3. The molecule has 0 aliphatic rings. The predicted molar refractivity (Wildman–Crippen MR) is 93.8 cm³/mol. The van der Waals surface area contributed by atoms with E-state index < -0.39 is 37.4 Å². The highest BCUT2D eigenvalue weighted by atomic mass is 16.6. The first-order chi connectivity index (χ1) is 13.1. The molecule has 141 valence electrons. The van der Waals surface area contributed by atoms with Gasteiger partial charge in [0.05, 0.1) is 13.2 Å². The summed E-state index contributed by atoms with van der Waals surface area (Å²) in [6.07, 6.45) is -2.73. The molecule has 8 nitrogen and oxygen atoms in total. The van der Waals surface area contributed by atoms with Gasteiger partial charge < -0.3 is 29.0 Å². The van der Waals surface area contributed by atoms with Gasteiger partial charge in [0.25, 0.3) is 0 Å². The van der Waals surface area contributed by atoms with Crippen molar-refractivity contribution < 1.29 is 38.6 Å². The van der Waals surface area contributed by atoms with Gasteiger partial charge in [-0.1, -0.05) is 36.4 Å². The van der Waals surface area contributed by atoms with Crippen molar-refractivity contribution in [2.75, 3.05) is 13.2 Å². The van der Waals surface area contributed by atoms with Crippen LogP contribution in [-0.2, 0) is 18.9 Å². The normalized spacial score (nSPS) is 12.7. The maximum atomic E-state index is 11.9. The van der Waals surface area contributed by atoms with Crippen LogP contribution in [0.2, 0.25) is 0 Å².